The molecule has 0 bridgehead atoms. The van der Waals surface area contributed by atoms with E-state index in [0.29, 0.717) is 17.8 Å². The summed E-state index contributed by atoms with van der Waals surface area (Å²) in [7, 11) is 0. The number of hydrogen-bond acceptors (Lipinski definition) is 3. The van der Waals surface area contributed by atoms with Crippen LogP contribution in [0, 0.1) is 53.3 Å². The van der Waals surface area contributed by atoms with Gasteiger partial charge < -0.3 is 14.2 Å². The molecule has 9 heteroatoms. The summed E-state index contributed by atoms with van der Waals surface area (Å²) < 4.78 is 86.4. The van der Waals surface area contributed by atoms with Crippen LogP contribution in [0.4, 0.5) is 26.3 Å². The van der Waals surface area contributed by atoms with E-state index in [2.05, 4.69) is 143 Å². The van der Waals surface area contributed by atoms with Gasteiger partial charge in [0, 0.05) is 33.4 Å². The first-order chi connectivity index (χ1) is 46.9. The summed E-state index contributed by atoms with van der Waals surface area (Å²) in [5.74, 6) is 24.0. The SMILES string of the molecule is CCCCCCCC1CCC(c2ccc(C#Cc3ccc(OC(F)F)cc3)cc2)CC1.CCCCCCCCC1CCC(c2ccc(C#Cc3ccc(OC(F)F)cc3)cc2)CC1.CCCCCCCCCC1CCC(c2ccc(C#Cc3ccc(OC(F)F)cc3)cc2)CC1. The van der Waals surface area contributed by atoms with Gasteiger partial charge in [0.05, 0.1) is 0 Å². The highest BCUT2D eigenvalue weighted by Gasteiger charge is 2.25. The van der Waals surface area contributed by atoms with Gasteiger partial charge in [0.25, 0.3) is 0 Å². The first-order valence-corrected chi connectivity index (χ1v) is 36.9. The highest BCUT2D eigenvalue weighted by Crippen LogP contribution is 2.41. The lowest BCUT2D eigenvalue weighted by Gasteiger charge is -2.29. The monoisotopic (exact) mass is 1310 g/mol. The number of hydrogen-bond donors (Lipinski definition) is 0. The van der Waals surface area contributed by atoms with Crippen LogP contribution >= 0.6 is 0 Å². The third-order valence-electron chi connectivity index (χ3n) is 19.9. The molecule has 3 aliphatic carbocycles. The van der Waals surface area contributed by atoms with Crippen LogP contribution in [0.5, 0.6) is 17.2 Å². The topological polar surface area (TPSA) is 27.7 Å². The molecule has 0 heterocycles. The Hall–Kier alpha value is -7.02. The molecule has 0 spiro atoms. The van der Waals surface area contributed by atoms with Gasteiger partial charge >= 0.3 is 19.8 Å². The predicted molar refractivity (Wildman–Crippen MR) is 385 cm³/mol. The molecule has 9 rings (SSSR count). The zero-order chi connectivity index (χ0) is 67.8. The van der Waals surface area contributed by atoms with E-state index >= 15 is 0 Å². The van der Waals surface area contributed by atoms with E-state index in [0.717, 1.165) is 51.1 Å². The summed E-state index contributed by atoms with van der Waals surface area (Å²) in [5.41, 5.74) is 9.54. The van der Waals surface area contributed by atoms with E-state index in [9.17, 15) is 26.3 Å². The minimum atomic E-state index is -2.80. The number of benzene rings is 6. The maximum Gasteiger partial charge on any atom is 0.387 e. The van der Waals surface area contributed by atoms with E-state index in [4.69, 9.17) is 0 Å². The summed E-state index contributed by atoms with van der Waals surface area (Å²) in [6, 6.07) is 45.2. The molecule has 0 amide bonds. The largest absolute Gasteiger partial charge is 0.435 e. The fourth-order valence-corrected chi connectivity index (χ4v) is 14.1. The molecule has 0 radical (unpaired) electrons. The van der Waals surface area contributed by atoms with Gasteiger partial charge in [0.2, 0.25) is 0 Å². The Kier molecular flexibility index (Phi) is 35.6. The lowest BCUT2D eigenvalue weighted by Crippen LogP contribution is -2.13. The van der Waals surface area contributed by atoms with Gasteiger partial charge in [-0.15, -0.1) is 0 Å². The summed E-state index contributed by atoms with van der Waals surface area (Å²) in [4.78, 5) is 0. The second-order valence-corrected chi connectivity index (χ2v) is 27.1. The third-order valence-corrected chi connectivity index (χ3v) is 19.9. The van der Waals surface area contributed by atoms with Crippen molar-refractivity contribution >= 4 is 0 Å². The van der Waals surface area contributed by atoms with E-state index < -0.39 is 19.8 Å². The van der Waals surface area contributed by atoms with E-state index in [1.807, 2.05) is 0 Å². The van der Waals surface area contributed by atoms with E-state index in [1.165, 1.54) is 265 Å². The van der Waals surface area contributed by atoms with Crippen LogP contribution in [0.1, 0.15) is 300 Å². The Morgan fingerprint density at radius 2 is 0.448 bits per heavy atom. The van der Waals surface area contributed by atoms with E-state index in [1.54, 1.807) is 36.4 Å². The van der Waals surface area contributed by atoms with Gasteiger partial charge in [0.15, 0.2) is 0 Å². The Balaban J connectivity index is 0.000000203. The molecule has 0 aliphatic heterocycles. The van der Waals surface area contributed by atoms with Crippen LogP contribution in [0.2, 0.25) is 0 Å². The molecular formula is C87H108F6O3. The summed E-state index contributed by atoms with van der Waals surface area (Å²) in [6.45, 7) is -1.59. The van der Waals surface area contributed by atoms with Crippen molar-refractivity contribution in [2.45, 2.75) is 270 Å². The normalized spacial score (nSPS) is 18.2. The molecule has 0 aromatic heterocycles. The molecule has 3 fully saturated rings. The molecule has 3 nitrogen and oxygen atoms in total. The van der Waals surface area contributed by atoms with Gasteiger partial charge in [0.1, 0.15) is 17.2 Å². The minimum Gasteiger partial charge on any atom is -0.435 e. The van der Waals surface area contributed by atoms with Crippen LogP contribution in [-0.2, 0) is 0 Å². The standard InChI is InChI=1S/C30H38F2O.C29H36F2O.C28H34F2O/c1-2-3-4-5-6-7-8-9-24-12-18-27(19-13-24)28-20-14-25(15-21-28)10-11-26-16-22-29(23-17-26)33-30(31)32;1-2-3-4-5-6-7-8-23-11-17-26(18-12-23)27-19-13-24(14-20-27)9-10-25-15-21-28(22-16-25)32-29(30)31;1-2-3-4-5-6-7-22-10-16-25(17-11-22)26-18-12-23(13-19-26)8-9-24-14-20-27(21-15-24)31-28(29)30/h14-17,20-24,27,30H,2-9,12-13,18-19H2,1H3;13-16,19-23,26,29H,2-8,11-12,17-18H2,1H3;12-15,18-22,25,28H,2-7,10-11,16-17H2,1H3. The molecule has 0 N–H and O–H groups in total. The molecule has 96 heavy (non-hydrogen) atoms. The molecule has 0 saturated heterocycles. The summed E-state index contributed by atoms with van der Waals surface area (Å²) in [5, 5.41) is 0. The van der Waals surface area contributed by atoms with Crippen molar-refractivity contribution in [1.29, 1.82) is 0 Å². The summed E-state index contributed by atoms with van der Waals surface area (Å²) >= 11 is 0. The number of halogens is 6. The van der Waals surface area contributed by atoms with Crippen molar-refractivity contribution in [1.82, 2.24) is 0 Å². The first kappa shape index (κ1) is 76.3. The van der Waals surface area contributed by atoms with Gasteiger partial charge in [-0.3, -0.25) is 0 Å². The maximum atomic E-state index is 12.2. The van der Waals surface area contributed by atoms with E-state index in [-0.39, 0.29) is 17.2 Å². The molecule has 516 valence electrons. The molecule has 0 unspecified atom stereocenters. The maximum absolute atomic E-state index is 12.2. The lowest BCUT2D eigenvalue weighted by molar-refractivity contribution is -0.0505. The Morgan fingerprint density at radius 3 is 0.646 bits per heavy atom. The average molecular weight is 1320 g/mol. The van der Waals surface area contributed by atoms with Gasteiger partial charge in [-0.25, -0.2) is 0 Å². The van der Waals surface area contributed by atoms with Crippen LogP contribution in [0.3, 0.4) is 0 Å². The minimum absolute atomic E-state index is 0.149. The van der Waals surface area contributed by atoms with Gasteiger partial charge in [-0.05, 0) is 238 Å². The Bertz CT molecular complexity index is 3210. The summed E-state index contributed by atoms with van der Waals surface area (Å²) in [6.07, 6.45) is 45.4. The second-order valence-electron chi connectivity index (χ2n) is 27.1. The average Bonchev–Trinajstić information content (AvgIpc) is 0.992. The molecule has 6 aromatic rings. The molecule has 6 aromatic carbocycles. The zero-order valence-electron chi connectivity index (χ0n) is 57.9. The van der Waals surface area contributed by atoms with Crippen molar-refractivity contribution in [2.75, 3.05) is 0 Å². The van der Waals surface area contributed by atoms with Crippen molar-refractivity contribution in [3.05, 3.63) is 196 Å². The van der Waals surface area contributed by atoms with Crippen LogP contribution in [-0.4, -0.2) is 19.8 Å². The first-order valence-electron chi connectivity index (χ1n) is 36.9. The molecule has 3 aliphatic rings. The quantitative estimate of drug-likeness (QED) is 0.0256. The Labute approximate surface area is 574 Å². The predicted octanol–water partition coefficient (Wildman–Crippen LogP) is 26.1. The van der Waals surface area contributed by atoms with Crippen LogP contribution in [0.25, 0.3) is 0 Å². The van der Waals surface area contributed by atoms with Crippen molar-refractivity contribution in [3.8, 4) is 52.8 Å². The number of unbranched alkanes of at least 4 members (excludes halogenated alkanes) is 15. The number of rotatable bonds is 30. The van der Waals surface area contributed by atoms with Crippen molar-refractivity contribution in [3.63, 3.8) is 0 Å². The molecule has 0 atom stereocenters. The van der Waals surface area contributed by atoms with Gasteiger partial charge in [-0.1, -0.05) is 228 Å². The second kappa shape index (κ2) is 44.7. The smallest absolute Gasteiger partial charge is 0.387 e. The zero-order valence-corrected chi connectivity index (χ0v) is 57.9. The highest BCUT2D eigenvalue weighted by atomic mass is 19.3. The van der Waals surface area contributed by atoms with Crippen molar-refractivity contribution in [2.24, 2.45) is 17.8 Å². The number of ether oxygens (including phenoxy) is 3. The molecule has 3 saturated carbocycles. The third kappa shape index (κ3) is 30.2. The lowest BCUT2D eigenvalue weighted by atomic mass is 9.77. The van der Waals surface area contributed by atoms with Gasteiger partial charge in [-0.2, -0.15) is 26.3 Å². The van der Waals surface area contributed by atoms with Crippen LogP contribution in [0.15, 0.2) is 146 Å². The number of alkyl halides is 6. The fourth-order valence-electron chi connectivity index (χ4n) is 14.1. The highest BCUT2D eigenvalue weighted by molar-refractivity contribution is 5.48. The molecular weight excluding hydrogens is 1210 g/mol. The fraction of sp³-hybridized carbons (Fsp3) is 0.517. The van der Waals surface area contributed by atoms with Crippen LogP contribution < -0.4 is 14.2 Å². The Morgan fingerprint density at radius 1 is 0.260 bits per heavy atom. The van der Waals surface area contributed by atoms with Crippen molar-refractivity contribution < 1.29 is 40.6 Å².